The van der Waals surface area contributed by atoms with Crippen LogP contribution in [0.15, 0.2) is 70.0 Å². The highest BCUT2D eigenvalue weighted by Crippen LogP contribution is 2.34. The van der Waals surface area contributed by atoms with Crippen molar-refractivity contribution < 1.29 is 23.1 Å². The normalized spacial score (nSPS) is 15.2. The van der Waals surface area contributed by atoms with Crippen LogP contribution in [0.25, 0.3) is 11.8 Å². The lowest BCUT2D eigenvalue weighted by Gasteiger charge is -2.16. The van der Waals surface area contributed by atoms with Crippen LogP contribution in [0, 0.1) is 19.7 Å². The van der Waals surface area contributed by atoms with Crippen LogP contribution in [-0.2, 0) is 20.9 Å². The molecule has 32 heavy (non-hydrogen) atoms. The quantitative estimate of drug-likeness (QED) is 0.431. The van der Waals surface area contributed by atoms with Crippen LogP contribution < -0.4 is 0 Å². The van der Waals surface area contributed by atoms with Gasteiger partial charge in [0.1, 0.15) is 11.6 Å². The van der Waals surface area contributed by atoms with Gasteiger partial charge in [0, 0.05) is 17.1 Å². The van der Waals surface area contributed by atoms with E-state index >= 15 is 0 Å². The number of aryl methyl sites for hydroxylation is 1. The predicted molar refractivity (Wildman–Crippen MR) is 117 cm³/mol. The number of para-hydroxylation sites is 1. The molecule has 0 fully saturated rings. The standard InChI is InChI=1S/C25H23FN2O4/c1-15-12-18(16(2)28(15)22-10-6-5-9-21(22)26)13-20-23(25(30)31-4)17(3)27(24(20)29)14-19-8-7-11-32-19/h5-13H,14H2,1-4H3. The zero-order valence-electron chi connectivity index (χ0n) is 18.3. The van der Waals surface area contributed by atoms with Gasteiger partial charge in [0.05, 0.1) is 36.8 Å². The molecule has 0 saturated heterocycles. The van der Waals surface area contributed by atoms with Gasteiger partial charge in [-0.05, 0) is 62.7 Å². The Morgan fingerprint density at radius 3 is 2.56 bits per heavy atom. The number of carbonyl (C=O) groups excluding carboxylic acids is 2. The first kappa shape index (κ1) is 21.4. The van der Waals surface area contributed by atoms with Crippen LogP contribution in [0.4, 0.5) is 4.39 Å². The molecule has 0 N–H and O–H groups in total. The maximum absolute atomic E-state index is 14.4. The number of allylic oxidation sites excluding steroid dienone is 1. The molecule has 1 aliphatic heterocycles. The van der Waals surface area contributed by atoms with E-state index in [1.807, 2.05) is 19.9 Å². The van der Waals surface area contributed by atoms with Crippen molar-refractivity contribution in [3.05, 3.63) is 94.1 Å². The van der Waals surface area contributed by atoms with E-state index in [9.17, 15) is 14.0 Å². The Hall–Kier alpha value is -3.87. The smallest absolute Gasteiger partial charge is 0.340 e. The van der Waals surface area contributed by atoms with Crippen molar-refractivity contribution in [3.8, 4) is 5.69 Å². The van der Waals surface area contributed by atoms with E-state index in [1.165, 1.54) is 24.3 Å². The van der Waals surface area contributed by atoms with Gasteiger partial charge in [-0.15, -0.1) is 0 Å². The zero-order valence-corrected chi connectivity index (χ0v) is 18.3. The molecule has 164 valence electrons. The summed E-state index contributed by atoms with van der Waals surface area (Å²) in [5, 5.41) is 0. The number of ether oxygens (including phenoxy) is 1. The third-order valence-electron chi connectivity index (χ3n) is 5.66. The number of methoxy groups -OCH3 is 1. The van der Waals surface area contributed by atoms with Crippen LogP contribution in [0.5, 0.6) is 0 Å². The van der Waals surface area contributed by atoms with Crippen molar-refractivity contribution in [2.24, 2.45) is 0 Å². The SMILES string of the molecule is COC(=O)C1=C(C)N(Cc2ccco2)C(=O)C1=Cc1cc(C)n(-c2ccccc2F)c1C. The van der Waals surface area contributed by atoms with E-state index in [1.54, 1.807) is 47.9 Å². The van der Waals surface area contributed by atoms with Gasteiger partial charge in [0.25, 0.3) is 5.91 Å². The second-order valence-corrected chi connectivity index (χ2v) is 7.59. The Labute approximate surface area is 185 Å². The van der Waals surface area contributed by atoms with Crippen molar-refractivity contribution in [2.45, 2.75) is 27.3 Å². The largest absolute Gasteiger partial charge is 0.467 e. The van der Waals surface area contributed by atoms with Crippen LogP contribution in [-0.4, -0.2) is 28.5 Å². The number of esters is 1. The number of nitrogens with zero attached hydrogens (tertiary/aromatic N) is 2. The highest BCUT2D eigenvalue weighted by Gasteiger charge is 2.37. The Morgan fingerprint density at radius 2 is 1.91 bits per heavy atom. The summed E-state index contributed by atoms with van der Waals surface area (Å²) in [7, 11) is 1.28. The molecule has 3 aromatic rings. The molecule has 3 heterocycles. The van der Waals surface area contributed by atoms with Gasteiger partial charge >= 0.3 is 5.97 Å². The molecule has 0 unspecified atom stereocenters. The lowest BCUT2D eigenvalue weighted by Crippen LogP contribution is -2.24. The van der Waals surface area contributed by atoms with Gasteiger partial charge in [0.2, 0.25) is 0 Å². The van der Waals surface area contributed by atoms with E-state index < -0.39 is 5.97 Å². The number of halogens is 1. The van der Waals surface area contributed by atoms with E-state index in [2.05, 4.69) is 0 Å². The molecule has 1 amide bonds. The number of hydrogen-bond donors (Lipinski definition) is 0. The lowest BCUT2D eigenvalue weighted by molar-refractivity contribution is -0.136. The van der Waals surface area contributed by atoms with Crippen LogP contribution in [0.2, 0.25) is 0 Å². The van der Waals surface area contributed by atoms with Crippen molar-refractivity contribution in [2.75, 3.05) is 7.11 Å². The molecular formula is C25H23FN2O4. The van der Waals surface area contributed by atoms with E-state index in [0.29, 0.717) is 22.7 Å². The van der Waals surface area contributed by atoms with Gasteiger partial charge in [-0.25, -0.2) is 9.18 Å². The number of furan rings is 1. The van der Waals surface area contributed by atoms with Gasteiger partial charge in [0.15, 0.2) is 0 Å². The number of carbonyl (C=O) groups is 2. The Bertz CT molecular complexity index is 1270. The van der Waals surface area contributed by atoms with Crippen LogP contribution in [0.3, 0.4) is 0 Å². The van der Waals surface area contributed by atoms with Gasteiger partial charge in [-0.2, -0.15) is 0 Å². The number of amides is 1. The summed E-state index contributed by atoms with van der Waals surface area (Å²) in [6.45, 7) is 5.62. The summed E-state index contributed by atoms with van der Waals surface area (Å²) in [5.74, 6) is -0.663. The van der Waals surface area contributed by atoms with Crippen molar-refractivity contribution in [1.82, 2.24) is 9.47 Å². The number of benzene rings is 1. The molecule has 0 aliphatic carbocycles. The first-order valence-electron chi connectivity index (χ1n) is 10.1. The minimum Gasteiger partial charge on any atom is -0.467 e. The van der Waals surface area contributed by atoms with Gasteiger partial charge < -0.3 is 18.6 Å². The lowest BCUT2D eigenvalue weighted by atomic mass is 10.0. The van der Waals surface area contributed by atoms with Crippen molar-refractivity contribution in [1.29, 1.82) is 0 Å². The number of rotatable bonds is 5. The van der Waals surface area contributed by atoms with Crippen molar-refractivity contribution >= 4 is 18.0 Å². The highest BCUT2D eigenvalue weighted by molar-refractivity contribution is 6.16. The second kappa shape index (κ2) is 8.34. The molecule has 0 bridgehead atoms. The minimum absolute atomic E-state index is 0.198. The predicted octanol–water partition coefficient (Wildman–Crippen LogP) is 4.70. The summed E-state index contributed by atoms with van der Waals surface area (Å²) < 4.78 is 26.6. The first-order valence-corrected chi connectivity index (χ1v) is 10.1. The molecule has 2 aromatic heterocycles. The fraction of sp³-hybridized carbons (Fsp3) is 0.200. The molecule has 0 radical (unpaired) electrons. The molecule has 0 atom stereocenters. The summed E-state index contributed by atoms with van der Waals surface area (Å²) in [4.78, 5) is 27.4. The summed E-state index contributed by atoms with van der Waals surface area (Å²) in [6, 6.07) is 11.9. The summed E-state index contributed by atoms with van der Waals surface area (Å²) in [5.41, 5.74) is 3.62. The topological polar surface area (TPSA) is 64.7 Å². The highest BCUT2D eigenvalue weighted by atomic mass is 19.1. The summed E-state index contributed by atoms with van der Waals surface area (Å²) >= 11 is 0. The summed E-state index contributed by atoms with van der Waals surface area (Å²) in [6.07, 6.45) is 3.20. The fourth-order valence-corrected chi connectivity index (χ4v) is 4.07. The molecular weight excluding hydrogens is 411 g/mol. The zero-order chi connectivity index (χ0) is 23.0. The molecule has 0 spiro atoms. The Balaban J connectivity index is 1.81. The van der Waals surface area contributed by atoms with E-state index in [4.69, 9.17) is 9.15 Å². The molecule has 6 nitrogen and oxygen atoms in total. The third kappa shape index (κ3) is 3.56. The monoisotopic (exact) mass is 434 g/mol. The third-order valence-corrected chi connectivity index (χ3v) is 5.66. The van der Waals surface area contributed by atoms with Crippen molar-refractivity contribution in [3.63, 3.8) is 0 Å². The first-order chi connectivity index (χ1) is 15.3. The van der Waals surface area contributed by atoms with E-state index in [-0.39, 0.29) is 29.4 Å². The van der Waals surface area contributed by atoms with Crippen LogP contribution >= 0.6 is 0 Å². The molecule has 4 rings (SSSR count). The number of hydrogen-bond acceptors (Lipinski definition) is 4. The second-order valence-electron chi connectivity index (χ2n) is 7.59. The van der Waals surface area contributed by atoms with Crippen LogP contribution in [0.1, 0.15) is 29.6 Å². The molecule has 7 heteroatoms. The Kier molecular flexibility index (Phi) is 5.57. The average Bonchev–Trinajstić information content (AvgIpc) is 3.44. The maximum atomic E-state index is 14.4. The average molecular weight is 434 g/mol. The molecule has 1 aliphatic rings. The fourth-order valence-electron chi connectivity index (χ4n) is 4.07. The van der Waals surface area contributed by atoms with Gasteiger partial charge in [-0.3, -0.25) is 4.79 Å². The number of aromatic nitrogens is 1. The Morgan fingerprint density at radius 1 is 1.16 bits per heavy atom. The van der Waals surface area contributed by atoms with Gasteiger partial charge in [-0.1, -0.05) is 12.1 Å². The molecule has 0 saturated carbocycles. The minimum atomic E-state index is -0.591. The van der Waals surface area contributed by atoms with E-state index in [0.717, 1.165) is 11.4 Å². The maximum Gasteiger partial charge on any atom is 0.340 e. The molecule has 1 aromatic carbocycles.